The van der Waals surface area contributed by atoms with Gasteiger partial charge >= 0.3 is 0 Å². The van der Waals surface area contributed by atoms with Gasteiger partial charge in [0.2, 0.25) is 0 Å². The third-order valence-electron chi connectivity index (χ3n) is 7.56. The minimum atomic E-state index is -0.335. The molecule has 4 aromatic carbocycles. The van der Waals surface area contributed by atoms with Crippen LogP contribution in [0.4, 0.5) is 5.69 Å². The molecule has 2 aliphatic rings. The second kappa shape index (κ2) is 7.22. The number of hydrogen-bond acceptors (Lipinski definition) is 3. The molecule has 5 aromatic rings. The van der Waals surface area contributed by atoms with E-state index in [1.54, 1.807) is 6.20 Å². The number of nitro groups is 1. The van der Waals surface area contributed by atoms with Crippen molar-refractivity contribution in [3.8, 4) is 0 Å². The second-order valence-electron chi connectivity index (χ2n) is 10.2. The molecule has 0 bridgehead atoms. The van der Waals surface area contributed by atoms with E-state index in [-0.39, 0.29) is 16.0 Å². The molecule has 0 fully saturated rings. The minimum absolute atomic E-state index is 0.0755. The lowest BCUT2D eigenvalue weighted by atomic mass is 9.74. The minimum Gasteiger partial charge on any atom is -0.264 e. The van der Waals surface area contributed by atoms with Gasteiger partial charge in [-0.15, -0.1) is 0 Å². The topological polar surface area (TPSA) is 56.0 Å². The van der Waals surface area contributed by atoms with Gasteiger partial charge in [-0.05, 0) is 83.8 Å². The van der Waals surface area contributed by atoms with Crippen molar-refractivity contribution in [3.05, 3.63) is 123 Å². The molecule has 0 saturated carbocycles. The van der Waals surface area contributed by atoms with Crippen LogP contribution in [-0.4, -0.2) is 9.91 Å². The molecule has 2 aliphatic carbocycles. The van der Waals surface area contributed by atoms with Crippen LogP contribution in [0.25, 0.3) is 49.5 Å². The number of pyridine rings is 1. The molecule has 1 heterocycles. The summed E-state index contributed by atoms with van der Waals surface area (Å²) in [6, 6.07) is 23.4. The van der Waals surface area contributed by atoms with Crippen molar-refractivity contribution < 1.29 is 4.92 Å². The first kappa shape index (κ1) is 20.8. The number of nitrogens with zero attached hydrogens (tertiary/aromatic N) is 2. The van der Waals surface area contributed by atoms with E-state index < -0.39 is 0 Å². The predicted molar refractivity (Wildman–Crippen MR) is 147 cm³/mol. The standard InChI is InChI=1S/C32H22N2O2/c1-32(2)17-21(29-18-33-12-11-30(29)34(35)36)14-20-13-19-15-27-24-9-5-3-7-22(24)23-8-4-6-10-25(23)28(27)16-26(19)31(20)32/h3-18H,1-2H3. The Morgan fingerprint density at radius 3 is 2.03 bits per heavy atom. The molecular weight excluding hydrogens is 444 g/mol. The van der Waals surface area contributed by atoms with Gasteiger partial charge in [0.05, 0.1) is 10.5 Å². The van der Waals surface area contributed by atoms with Crippen LogP contribution in [-0.2, 0) is 0 Å². The Balaban J connectivity index is 1.56. The smallest absolute Gasteiger partial charge is 0.264 e. The maximum absolute atomic E-state index is 11.7. The second-order valence-corrected chi connectivity index (χ2v) is 10.2. The van der Waals surface area contributed by atoms with Gasteiger partial charge in [-0.3, -0.25) is 15.1 Å². The van der Waals surface area contributed by atoms with Gasteiger partial charge in [0, 0.05) is 23.9 Å². The fraction of sp³-hybridized carbons (Fsp3) is 0.0938. The zero-order valence-corrected chi connectivity index (χ0v) is 19.9. The summed E-state index contributed by atoms with van der Waals surface area (Å²) in [6.07, 6.45) is 9.51. The fourth-order valence-electron chi connectivity index (χ4n) is 6.13. The lowest BCUT2D eigenvalue weighted by Gasteiger charge is -2.29. The maximum Gasteiger partial charge on any atom is 0.280 e. The van der Waals surface area contributed by atoms with Gasteiger partial charge in [-0.2, -0.15) is 0 Å². The molecular formula is C32H22N2O2. The average molecular weight is 467 g/mol. The SMILES string of the molecule is CC1(C)C=C(c2cnccc2[N+](=O)[O-])C=C2C=c3cc4c5ccccc5c5ccccc5c4cc3=C21. The molecule has 172 valence electrons. The first-order chi connectivity index (χ1) is 17.4. The quantitative estimate of drug-likeness (QED) is 0.171. The van der Waals surface area contributed by atoms with E-state index in [1.165, 1.54) is 60.6 Å². The van der Waals surface area contributed by atoms with Crippen LogP contribution in [0.5, 0.6) is 0 Å². The highest BCUT2D eigenvalue weighted by atomic mass is 16.6. The van der Waals surface area contributed by atoms with E-state index in [4.69, 9.17) is 0 Å². The van der Waals surface area contributed by atoms with Crippen molar-refractivity contribution in [2.24, 2.45) is 5.41 Å². The molecule has 0 aliphatic heterocycles. The highest BCUT2D eigenvalue weighted by molar-refractivity contribution is 6.25. The van der Waals surface area contributed by atoms with Crippen LogP contribution >= 0.6 is 0 Å². The number of aromatic nitrogens is 1. The van der Waals surface area contributed by atoms with E-state index in [1.807, 2.05) is 0 Å². The molecule has 36 heavy (non-hydrogen) atoms. The Morgan fingerprint density at radius 1 is 0.778 bits per heavy atom. The molecule has 4 heteroatoms. The predicted octanol–water partition coefficient (Wildman–Crippen LogP) is 6.44. The van der Waals surface area contributed by atoms with Gasteiger partial charge in [0.1, 0.15) is 0 Å². The van der Waals surface area contributed by atoms with E-state index >= 15 is 0 Å². The largest absolute Gasteiger partial charge is 0.280 e. The van der Waals surface area contributed by atoms with Crippen LogP contribution < -0.4 is 10.4 Å². The number of benzene rings is 4. The van der Waals surface area contributed by atoms with Crippen molar-refractivity contribution in [2.45, 2.75) is 13.8 Å². The molecule has 0 spiro atoms. The summed E-state index contributed by atoms with van der Waals surface area (Å²) in [6.45, 7) is 4.37. The van der Waals surface area contributed by atoms with Crippen molar-refractivity contribution in [1.82, 2.24) is 4.98 Å². The third-order valence-corrected chi connectivity index (χ3v) is 7.56. The molecule has 0 radical (unpaired) electrons. The number of rotatable bonds is 2. The molecule has 4 nitrogen and oxygen atoms in total. The highest BCUT2D eigenvalue weighted by Gasteiger charge is 2.32. The normalized spacial score (nSPS) is 15.9. The molecule has 7 rings (SSSR count). The summed E-state index contributed by atoms with van der Waals surface area (Å²) in [4.78, 5) is 15.5. The van der Waals surface area contributed by atoms with Crippen LogP contribution in [0.3, 0.4) is 0 Å². The summed E-state index contributed by atoms with van der Waals surface area (Å²) < 4.78 is 0. The van der Waals surface area contributed by atoms with Crippen molar-refractivity contribution in [1.29, 1.82) is 0 Å². The molecule has 0 N–H and O–H groups in total. The van der Waals surface area contributed by atoms with E-state index in [0.717, 1.165) is 11.1 Å². The van der Waals surface area contributed by atoms with Crippen molar-refractivity contribution in [2.75, 3.05) is 0 Å². The fourth-order valence-corrected chi connectivity index (χ4v) is 6.13. The van der Waals surface area contributed by atoms with Gasteiger partial charge in [0.15, 0.2) is 0 Å². The van der Waals surface area contributed by atoms with Crippen LogP contribution in [0.1, 0.15) is 19.4 Å². The number of allylic oxidation sites excluding steroid dienone is 4. The Bertz CT molecular complexity index is 1990. The number of fused-ring (bicyclic) bond motifs is 8. The van der Waals surface area contributed by atoms with Crippen LogP contribution in [0, 0.1) is 15.5 Å². The zero-order valence-electron chi connectivity index (χ0n) is 19.9. The lowest BCUT2D eigenvalue weighted by molar-refractivity contribution is -0.385. The summed E-state index contributed by atoms with van der Waals surface area (Å²) >= 11 is 0. The lowest BCUT2D eigenvalue weighted by Crippen LogP contribution is -2.28. The van der Waals surface area contributed by atoms with E-state index in [9.17, 15) is 10.1 Å². The monoisotopic (exact) mass is 466 g/mol. The third kappa shape index (κ3) is 2.85. The Hall–Kier alpha value is -4.57. The van der Waals surface area contributed by atoms with E-state index in [2.05, 4.69) is 97.7 Å². The summed E-state index contributed by atoms with van der Waals surface area (Å²) in [5.41, 5.74) is 3.51. The van der Waals surface area contributed by atoms with Gasteiger partial charge in [-0.25, -0.2) is 0 Å². The molecule has 0 saturated heterocycles. The van der Waals surface area contributed by atoms with Crippen LogP contribution in [0.2, 0.25) is 0 Å². The Kier molecular flexibility index (Phi) is 4.16. The molecule has 1 aromatic heterocycles. The summed E-state index contributed by atoms with van der Waals surface area (Å²) in [5.74, 6) is 0. The Labute approximate surface area is 207 Å². The van der Waals surface area contributed by atoms with E-state index in [0.29, 0.717) is 5.56 Å². The number of hydrogen-bond donors (Lipinski definition) is 0. The van der Waals surface area contributed by atoms with Gasteiger partial charge in [-0.1, -0.05) is 68.5 Å². The molecule has 0 unspecified atom stereocenters. The molecule has 0 amide bonds. The summed E-state index contributed by atoms with van der Waals surface area (Å²) in [5, 5.41) is 21.6. The first-order valence-corrected chi connectivity index (χ1v) is 12.1. The maximum atomic E-state index is 11.7. The van der Waals surface area contributed by atoms with Crippen molar-refractivity contribution >= 4 is 55.2 Å². The van der Waals surface area contributed by atoms with Crippen LogP contribution in [0.15, 0.2) is 96.8 Å². The zero-order chi connectivity index (χ0) is 24.6. The highest BCUT2D eigenvalue weighted by Crippen LogP contribution is 2.45. The summed E-state index contributed by atoms with van der Waals surface area (Å²) in [7, 11) is 0. The average Bonchev–Trinajstić information content (AvgIpc) is 3.26. The molecule has 0 atom stereocenters. The van der Waals surface area contributed by atoms with Crippen molar-refractivity contribution in [3.63, 3.8) is 0 Å². The Morgan fingerprint density at radius 2 is 1.39 bits per heavy atom. The van der Waals surface area contributed by atoms with Gasteiger partial charge < -0.3 is 0 Å². The first-order valence-electron chi connectivity index (χ1n) is 12.1. The van der Waals surface area contributed by atoms with Gasteiger partial charge in [0.25, 0.3) is 5.69 Å².